The van der Waals surface area contributed by atoms with Crippen LogP contribution in [0.4, 0.5) is 0 Å². The average molecular weight is 227 g/mol. The Morgan fingerprint density at radius 1 is 1.43 bits per heavy atom. The van der Waals surface area contributed by atoms with Crippen molar-refractivity contribution < 1.29 is 22.9 Å². The second kappa shape index (κ2) is 5.04. The van der Waals surface area contributed by atoms with Crippen LogP contribution in [0.1, 0.15) is 27.2 Å². The molecule has 0 radical (unpaired) electrons. The van der Waals surface area contributed by atoms with E-state index in [4.69, 9.17) is 14.5 Å². The Morgan fingerprint density at radius 2 is 1.93 bits per heavy atom. The summed E-state index contributed by atoms with van der Waals surface area (Å²) in [4.78, 5) is 5.05. The van der Waals surface area contributed by atoms with Crippen LogP contribution in [0.15, 0.2) is 0 Å². The van der Waals surface area contributed by atoms with E-state index in [1.165, 1.54) is 0 Å². The van der Waals surface area contributed by atoms with E-state index in [1.54, 1.807) is 0 Å². The lowest BCUT2D eigenvalue weighted by molar-refractivity contribution is -0.0740. The van der Waals surface area contributed by atoms with Gasteiger partial charge in [0.2, 0.25) is 0 Å². The third kappa shape index (κ3) is 7.22. The minimum Gasteiger partial charge on any atom is -0.375 e. The molecule has 1 atom stereocenters. The van der Waals surface area contributed by atoms with Crippen molar-refractivity contribution in [1.29, 1.82) is 0 Å². The average Bonchev–Trinajstić information content (AvgIpc) is 1.93. The van der Waals surface area contributed by atoms with E-state index in [-0.39, 0.29) is 18.6 Å². The lowest BCUT2D eigenvalue weighted by Crippen LogP contribution is -2.32. The highest BCUT2D eigenvalue weighted by molar-refractivity contribution is 7.86. The maximum Gasteiger partial charge on any atom is 0.292 e. The highest BCUT2D eigenvalue weighted by atomic mass is 32.2. The van der Waals surface area contributed by atoms with Crippen molar-refractivity contribution in [3.63, 3.8) is 0 Å². The van der Waals surface area contributed by atoms with Gasteiger partial charge in [-0.2, -0.15) is 8.42 Å². The summed E-state index contributed by atoms with van der Waals surface area (Å²) >= 11 is 0. The topological polar surface area (TPSA) is 95.9 Å². The largest absolute Gasteiger partial charge is 0.375 e. The maximum atomic E-state index is 10.4. The first-order chi connectivity index (χ1) is 6.13. The zero-order valence-electron chi connectivity index (χ0n) is 8.52. The monoisotopic (exact) mass is 227 g/mol. The maximum absolute atomic E-state index is 10.4. The molecular weight excluding hydrogens is 210 g/mol. The predicted octanol–water partition coefficient (Wildman–Crippen LogP) is -0.0976. The molecule has 0 amide bonds. The Bertz CT molecular complexity index is 256. The van der Waals surface area contributed by atoms with Crippen LogP contribution in [0.2, 0.25) is 0 Å². The van der Waals surface area contributed by atoms with Crippen molar-refractivity contribution in [2.75, 3.05) is 6.54 Å². The fourth-order valence-corrected chi connectivity index (χ4v) is 1.01. The number of nitrogens with one attached hydrogen (secondary N) is 1. The molecule has 0 rings (SSSR count). The summed E-state index contributed by atoms with van der Waals surface area (Å²) in [5, 5.41) is 8.88. The molecular formula is C7H17NO5S. The highest BCUT2D eigenvalue weighted by Gasteiger charge is 2.19. The van der Waals surface area contributed by atoms with E-state index in [0.717, 1.165) is 0 Å². The molecule has 0 aliphatic heterocycles. The molecule has 0 aromatic rings. The number of rotatable bonds is 5. The molecule has 0 aliphatic rings. The molecule has 0 aromatic carbocycles. The Kier molecular flexibility index (Phi) is 4.96. The molecule has 0 spiro atoms. The fraction of sp³-hybridized carbons (Fsp3) is 1.00. The van der Waals surface area contributed by atoms with Gasteiger partial charge < -0.3 is 5.11 Å². The smallest absolute Gasteiger partial charge is 0.292 e. The molecule has 6 nitrogen and oxygen atoms in total. The van der Waals surface area contributed by atoms with Gasteiger partial charge in [-0.15, -0.1) is 0 Å². The van der Waals surface area contributed by atoms with Gasteiger partial charge >= 0.3 is 0 Å². The third-order valence-electron chi connectivity index (χ3n) is 1.22. The van der Waals surface area contributed by atoms with Gasteiger partial charge in [0.25, 0.3) is 10.1 Å². The lowest BCUT2D eigenvalue weighted by atomic mass is 10.2. The van der Waals surface area contributed by atoms with E-state index in [9.17, 15) is 8.42 Å². The van der Waals surface area contributed by atoms with Gasteiger partial charge in [0, 0.05) is 13.0 Å². The van der Waals surface area contributed by atoms with E-state index in [1.807, 2.05) is 20.8 Å². The fourth-order valence-electron chi connectivity index (χ4n) is 0.599. The Labute approximate surface area is 84.0 Å². The SMILES string of the molecule is CC(C)(C)ONCCC(O)S(=O)(=O)O. The highest BCUT2D eigenvalue weighted by Crippen LogP contribution is 2.04. The number of aliphatic hydroxyl groups is 1. The molecule has 0 heterocycles. The molecule has 14 heavy (non-hydrogen) atoms. The van der Waals surface area contributed by atoms with Crippen LogP contribution in [-0.2, 0) is 15.0 Å². The van der Waals surface area contributed by atoms with Crippen LogP contribution >= 0.6 is 0 Å². The molecule has 0 saturated heterocycles. The van der Waals surface area contributed by atoms with Crippen molar-refractivity contribution in [2.24, 2.45) is 0 Å². The number of hydroxylamine groups is 1. The van der Waals surface area contributed by atoms with Crippen molar-refractivity contribution in [3.8, 4) is 0 Å². The van der Waals surface area contributed by atoms with E-state index in [0.29, 0.717) is 0 Å². The van der Waals surface area contributed by atoms with Crippen LogP contribution in [0.25, 0.3) is 0 Å². The molecule has 7 heteroatoms. The zero-order valence-corrected chi connectivity index (χ0v) is 9.34. The zero-order chi connectivity index (χ0) is 11.4. The Hall–Kier alpha value is -0.210. The minimum absolute atomic E-state index is 0.130. The summed E-state index contributed by atoms with van der Waals surface area (Å²) in [6, 6.07) is 0. The van der Waals surface area contributed by atoms with E-state index in [2.05, 4.69) is 5.48 Å². The summed E-state index contributed by atoms with van der Waals surface area (Å²) < 4.78 is 29.1. The molecule has 0 aromatic heterocycles. The van der Waals surface area contributed by atoms with Crippen LogP contribution < -0.4 is 5.48 Å². The van der Waals surface area contributed by atoms with Gasteiger partial charge in [-0.25, -0.2) is 5.48 Å². The molecule has 0 aliphatic carbocycles. The number of hydrogen-bond acceptors (Lipinski definition) is 5. The third-order valence-corrected chi connectivity index (χ3v) is 2.14. The van der Waals surface area contributed by atoms with Gasteiger partial charge in [-0.3, -0.25) is 9.39 Å². The standard InChI is InChI=1S/C7H17NO5S/c1-7(2,3)13-8-5-4-6(9)14(10,11)12/h6,8-9H,4-5H2,1-3H3,(H,10,11,12). The first-order valence-corrected chi connectivity index (χ1v) is 5.68. The molecule has 1 unspecified atom stereocenters. The summed E-state index contributed by atoms with van der Waals surface area (Å²) in [6.07, 6.45) is -0.130. The second-order valence-electron chi connectivity index (χ2n) is 3.87. The van der Waals surface area contributed by atoms with Gasteiger partial charge in [0.1, 0.15) is 0 Å². The first kappa shape index (κ1) is 13.8. The van der Waals surface area contributed by atoms with Crippen LogP contribution in [0.3, 0.4) is 0 Å². The molecule has 0 fully saturated rings. The number of hydrogen-bond donors (Lipinski definition) is 3. The Balaban J connectivity index is 3.67. The lowest BCUT2D eigenvalue weighted by Gasteiger charge is -2.19. The molecule has 0 saturated carbocycles. The summed E-state index contributed by atoms with van der Waals surface area (Å²) in [5.41, 5.74) is 0.342. The molecule has 0 bridgehead atoms. The summed E-state index contributed by atoms with van der Waals surface area (Å²) in [5.74, 6) is 0. The second-order valence-corrected chi connectivity index (χ2v) is 5.44. The summed E-state index contributed by atoms with van der Waals surface area (Å²) in [7, 11) is -4.36. The van der Waals surface area contributed by atoms with Crippen molar-refractivity contribution in [3.05, 3.63) is 0 Å². The molecule has 3 N–H and O–H groups in total. The minimum atomic E-state index is -4.36. The van der Waals surface area contributed by atoms with Crippen LogP contribution in [0.5, 0.6) is 0 Å². The Morgan fingerprint density at radius 3 is 2.29 bits per heavy atom. The quantitative estimate of drug-likeness (QED) is 0.345. The van der Waals surface area contributed by atoms with Gasteiger partial charge in [-0.05, 0) is 20.8 Å². The van der Waals surface area contributed by atoms with Crippen molar-refractivity contribution in [1.82, 2.24) is 5.48 Å². The predicted molar refractivity (Wildman–Crippen MR) is 51.0 cm³/mol. The van der Waals surface area contributed by atoms with E-state index < -0.39 is 15.6 Å². The molecule has 86 valence electrons. The summed E-state index contributed by atoms with van der Waals surface area (Å²) in [6.45, 7) is 5.59. The van der Waals surface area contributed by atoms with Crippen molar-refractivity contribution in [2.45, 2.75) is 38.2 Å². The normalized spacial score (nSPS) is 15.5. The van der Waals surface area contributed by atoms with Gasteiger partial charge in [-0.1, -0.05) is 0 Å². The van der Waals surface area contributed by atoms with Gasteiger partial charge in [0.15, 0.2) is 5.44 Å². The van der Waals surface area contributed by atoms with Gasteiger partial charge in [0.05, 0.1) is 5.60 Å². The van der Waals surface area contributed by atoms with E-state index >= 15 is 0 Å². The number of aliphatic hydroxyl groups excluding tert-OH is 1. The van der Waals surface area contributed by atoms with Crippen LogP contribution in [0, 0.1) is 0 Å². The first-order valence-electron chi connectivity index (χ1n) is 4.18. The van der Waals surface area contributed by atoms with Crippen molar-refractivity contribution >= 4 is 10.1 Å². The van der Waals surface area contributed by atoms with Crippen LogP contribution in [-0.4, -0.2) is 35.7 Å².